The number of nitrogens with one attached hydrogen (secondary N) is 2. The first-order chi connectivity index (χ1) is 14.9. The van der Waals surface area contributed by atoms with Gasteiger partial charge in [0.1, 0.15) is 22.2 Å². The van der Waals surface area contributed by atoms with E-state index in [4.69, 9.17) is 33.4 Å². The summed E-state index contributed by atoms with van der Waals surface area (Å²) >= 11 is 14.1. The number of thiophene rings is 1. The number of anilines is 2. The lowest BCUT2D eigenvalue weighted by Gasteiger charge is -2.12. The van der Waals surface area contributed by atoms with Crippen LogP contribution in [0.5, 0.6) is 0 Å². The summed E-state index contributed by atoms with van der Waals surface area (Å²) in [5.74, 6) is -0.286. The van der Waals surface area contributed by atoms with Crippen molar-refractivity contribution >= 4 is 86.9 Å². The van der Waals surface area contributed by atoms with E-state index in [2.05, 4.69) is 15.6 Å². The quantitative estimate of drug-likeness (QED) is 0.234. The Morgan fingerprint density at radius 1 is 1.18 bits per heavy atom. The molecule has 0 fully saturated rings. The van der Waals surface area contributed by atoms with Gasteiger partial charge in [-0.05, 0) is 24.3 Å². The van der Waals surface area contributed by atoms with Crippen molar-refractivity contribution in [1.29, 1.82) is 0 Å². The molecule has 0 aliphatic carbocycles. The van der Waals surface area contributed by atoms with E-state index in [1.807, 2.05) is 6.07 Å². The maximum absolute atomic E-state index is 13.8. The van der Waals surface area contributed by atoms with Crippen molar-refractivity contribution in [3.63, 3.8) is 0 Å². The second-order valence-corrected chi connectivity index (χ2v) is 8.59. The van der Waals surface area contributed by atoms with E-state index >= 15 is 0 Å². The van der Waals surface area contributed by atoms with Gasteiger partial charge in [-0.25, -0.2) is 9.37 Å². The van der Waals surface area contributed by atoms with E-state index in [1.54, 1.807) is 24.5 Å². The average molecular weight is 552 g/mol. The summed E-state index contributed by atoms with van der Waals surface area (Å²) in [6.45, 7) is 0.456. The summed E-state index contributed by atoms with van der Waals surface area (Å²) in [6, 6.07) is 10.3. The minimum atomic E-state index is -0.930. The second-order valence-electron chi connectivity index (χ2n) is 6.72. The molecule has 4 aromatic rings. The summed E-state index contributed by atoms with van der Waals surface area (Å²) in [5.41, 5.74) is 7.41. The molecule has 0 bridgehead atoms. The minimum absolute atomic E-state index is 0. The number of hydrogen-bond acceptors (Lipinski definition) is 6. The molecule has 0 aliphatic rings. The van der Waals surface area contributed by atoms with Crippen molar-refractivity contribution in [2.45, 2.75) is 19.0 Å². The number of pyridine rings is 1. The number of nitrogens with two attached hydrogens (primary N) is 1. The monoisotopic (exact) mass is 550 g/mol. The molecule has 0 unspecified atom stereocenters. The molecule has 3 aromatic heterocycles. The molecule has 0 spiro atoms. The van der Waals surface area contributed by atoms with Crippen LogP contribution in [0.4, 0.5) is 15.8 Å². The van der Waals surface area contributed by atoms with Gasteiger partial charge in [0.2, 0.25) is 5.91 Å². The van der Waals surface area contributed by atoms with Crippen molar-refractivity contribution in [2.75, 3.05) is 10.6 Å². The van der Waals surface area contributed by atoms with Gasteiger partial charge in [-0.1, -0.05) is 35.3 Å². The number of carbonyl (C=O) groups excluding carboxylic acids is 1. The molecule has 1 aromatic carbocycles. The van der Waals surface area contributed by atoms with Crippen molar-refractivity contribution in [3.05, 3.63) is 75.4 Å². The topological polar surface area (TPSA) is 93.2 Å². The zero-order valence-corrected chi connectivity index (χ0v) is 20.8. The first-order valence-electron chi connectivity index (χ1n) is 9.27. The molecule has 0 radical (unpaired) electrons. The van der Waals surface area contributed by atoms with Crippen LogP contribution in [0.1, 0.15) is 10.6 Å². The van der Waals surface area contributed by atoms with E-state index < -0.39 is 17.8 Å². The Morgan fingerprint density at radius 2 is 1.94 bits per heavy atom. The lowest BCUT2D eigenvalue weighted by atomic mass is 10.1. The number of hydrogen-bond donors (Lipinski definition) is 3. The number of rotatable bonds is 7. The zero-order chi connectivity index (χ0) is 22.0. The molecule has 4 rings (SSSR count). The fraction of sp³-hybridized carbons (Fsp3) is 0.143. The molecule has 4 N–H and O–H groups in total. The number of furan rings is 1. The zero-order valence-electron chi connectivity index (χ0n) is 16.8. The smallest absolute Gasteiger partial charge is 0.241 e. The second kappa shape index (κ2) is 11.9. The first kappa shape index (κ1) is 27.2. The van der Waals surface area contributed by atoms with Crippen molar-refractivity contribution in [2.24, 2.45) is 5.73 Å². The van der Waals surface area contributed by atoms with E-state index in [0.29, 0.717) is 22.0 Å². The van der Waals surface area contributed by atoms with Gasteiger partial charge >= 0.3 is 0 Å². The highest BCUT2D eigenvalue weighted by Crippen LogP contribution is 2.40. The number of fused-ring (bicyclic) bond motifs is 1. The molecule has 1 atom stereocenters. The Kier molecular flexibility index (Phi) is 9.78. The van der Waals surface area contributed by atoms with Gasteiger partial charge in [-0.2, -0.15) is 0 Å². The molecule has 3 heterocycles. The molecule has 176 valence electrons. The van der Waals surface area contributed by atoms with Crippen molar-refractivity contribution < 1.29 is 13.6 Å². The van der Waals surface area contributed by atoms with Gasteiger partial charge in [-0.15, -0.1) is 36.2 Å². The molecule has 0 aliphatic heterocycles. The molecule has 33 heavy (non-hydrogen) atoms. The van der Waals surface area contributed by atoms with Crippen LogP contribution in [0, 0.1) is 5.82 Å². The third-order valence-electron chi connectivity index (χ3n) is 4.53. The summed E-state index contributed by atoms with van der Waals surface area (Å²) in [6.07, 6.45) is 1.76. The van der Waals surface area contributed by atoms with Crippen LogP contribution >= 0.6 is 59.4 Å². The van der Waals surface area contributed by atoms with E-state index in [0.717, 1.165) is 16.1 Å². The van der Waals surface area contributed by atoms with Crippen LogP contribution in [0.15, 0.2) is 53.1 Å². The maximum atomic E-state index is 13.8. The number of nitrogens with zero attached hydrogens (tertiary/aromatic N) is 1. The third-order valence-corrected chi connectivity index (χ3v) is 6.47. The molecule has 0 saturated carbocycles. The standard InChI is InChI=1S/C21H17Cl2FN4O2S.2ClH/c22-17-9-15(26-10-11-4-3-7-30-11)20-19(28-17)18(23)16(31-20)8-13(25)21(29)27-14-6-2-1-5-12(14)24;;/h1-7,9,13H,8,10,25H2,(H,26,28)(H,27,29);2*1H/t13-;;/m1../s1. The highest BCUT2D eigenvalue weighted by molar-refractivity contribution is 7.20. The Morgan fingerprint density at radius 3 is 2.64 bits per heavy atom. The number of para-hydroxylation sites is 1. The third kappa shape index (κ3) is 6.29. The SMILES string of the molecule is Cl.Cl.N[C@H](Cc1sc2c(NCc3ccco3)cc(Cl)nc2c1Cl)C(=O)Nc1ccccc1F. The first-order valence-corrected chi connectivity index (χ1v) is 10.8. The fourth-order valence-corrected chi connectivity index (χ4v) is 4.75. The average Bonchev–Trinajstić information content (AvgIpc) is 3.37. The number of carbonyl (C=O) groups is 1. The number of amides is 1. The summed E-state index contributed by atoms with van der Waals surface area (Å²) in [4.78, 5) is 17.5. The maximum Gasteiger partial charge on any atom is 0.241 e. The fourth-order valence-electron chi connectivity index (χ4n) is 2.99. The number of halogens is 5. The van der Waals surface area contributed by atoms with Gasteiger partial charge in [0.15, 0.2) is 0 Å². The Balaban J connectivity index is 0.00000193. The highest BCUT2D eigenvalue weighted by Gasteiger charge is 2.22. The van der Waals surface area contributed by atoms with Crippen LogP contribution in [-0.2, 0) is 17.8 Å². The number of benzene rings is 1. The van der Waals surface area contributed by atoms with Gasteiger partial charge < -0.3 is 20.8 Å². The summed E-state index contributed by atoms with van der Waals surface area (Å²) in [5, 5.41) is 6.44. The van der Waals surface area contributed by atoms with Crippen LogP contribution < -0.4 is 16.4 Å². The molecule has 1 amide bonds. The van der Waals surface area contributed by atoms with E-state index in [9.17, 15) is 9.18 Å². The van der Waals surface area contributed by atoms with Gasteiger partial charge in [-0.3, -0.25) is 4.79 Å². The Labute approximate surface area is 215 Å². The van der Waals surface area contributed by atoms with Gasteiger partial charge in [0.05, 0.1) is 39.9 Å². The van der Waals surface area contributed by atoms with Gasteiger partial charge in [0.25, 0.3) is 0 Å². The molecule has 0 saturated heterocycles. The highest BCUT2D eigenvalue weighted by atomic mass is 35.5. The number of aromatic nitrogens is 1. The Bertz CT molecular complexity index is 1240. The van der Waals surface area contributed by atoms with E-state index in [1.165, 1.54) is 29.5 Å². The molecular weight excluding hydrogens is 533 g/mol. The van der Waals surface area contributed by atoms with Crippen LogP contribution in [0.25, 0.3) is 10.2 Å². The predicted octanol–water partition coefficient (Wildman–Crippen LogP) is 6.30. The molecular formula is C21H19Cl4FN4O2S. The summed E-state index contributed by atoms with van der Waals surface area (Å²) in [7, 11) is 0. The largest absolute Gasteiger partial charge is 0.467 e. The van der Waals surface area contributed by atoms with Crippen LogP contribution in [0.3, 0.4) is 0 Å². The van der Waals surface area contributed by atoms with Crippen LogP contribution in [-0.4, -0.2) is 16.9 Å². The normalized spacial score (nSPS) is 11.4. The van der Waals surface area contributed by atoms with Crippen molar-refractivity contribution in [3.8, 4) is 0 Å². The lowest BCUT2D eigenvalue weighted by Crippen LogP contribution is -2.37. The molecule has 6 nitrogen and oxygen atoms in total. The van der Waals surface area contributed by atoms with E-state index in [-0.39, 0.29) is 42.1 Å². The molecule has 12 heteroatoms. The Hall–Kier alpha value is -2.07. The summed E-state index contributed by atoms with van der Waals surface area (Å²) < 4.78 is 19.9. The predicted molar refractivity (Wildman–Crippen MR) is 137 cm³/mol. The van der Waals surface area contributed by atoms with Crippen molar-refractivity contribution in [1.82, 2.24) is 4.98 Å². The van der Waals surface area contributed by atoms with Crippen LogP contribution in [0.2, 0.25) is 10.2 Å². The minimum Gasteiger partial charge on any atom is -0.467 e. The van der Waals surface area contributed by atoms with Gasteiger partial charge in [0, 0.05) is 17.4 Å². The lowest BCUT2D eigenvalue weighted by molar-refractivity contribution is -0.117.